The second-order valence-electron chi connectivity index (χ2n) is 6.73. The first-order chi connectivity index (χ1) is 12.9. The molecule has 2 aromatic rings. The summed E-state index contributed by atoms with van der Waals surface area (Å²) in [4.78, 5) is 25.7. The maximum absolute atomic E-state index is 12.3. The summed E-state index contributed by atoms with van der Waals surface area (Å²) in [6, 6.07) is 12.6. The predicted molar refractivity (Wildman–Crippen MR) is 108 cm³/mol. The Morgan fingerprint density at radius 2 is 1.85 bits per heavy atom. The van der Waals surface area contributed by atoms with Crippen molar-refractivity contribution < 1.29 is 9.59 Å². The van der Waals surface area contributed by atoms with E-state index in [9.17, 15) is 9.59 Å². The smallest absolute Gasteiger partial charge is 0.317 e. The number of amides is 3. The van der Waals surface area contributed by atoms with Crippen LogP contribution in [0.25, 0.3) is 0 Å². The highest BCUT2D eigenvalue weighted by Crippen LogP contribution is 2.30. The number of anilines is 1. The van der Waals surface area contributed by atoms with Crippen molar-refractivity contribution >= 4 is 40.8 Å². The molecule has 2 N–H and O–H groups in total. The molecule has 0 heterocycles. The van der Waals surface area contributed by atoms with E-state index in [4.69, 9.17) is 23.2 Å². The molecule has 5 nitrogen and oxygen atoms in total. The van der Waals surface area contributed by atoms with E-state index in [0.29, 0.717) is 23.1 Å². The normalized spacial score (nSPS) is 13.1. The first-order valence-electron chi connectivity index (χ1n) is 8.75. The van der Waals surface area contributed by atoms with Gasteiger partial charge >= 0.3 is 6.03 Å². The summed E-state index contributed by atoms with van der Waals surface area (Å²) in [5.74, 6) is 0.223. The number of carbonyl (C=O) groups excluding carboxylic acids is 2. The third kappa shape index (κ3) is 5.62. The average molecular weight is 406 g/mol. The Morgan fingerprint density at radius 1 is 1.07 bits per heavy atom. The van der Waals surface area contributed by atoms with E-state index in [0.717, 1.165) is 29.7 Å². The SMILES string of the molecule is CN(Cc1ccc(Cl)c(Cl)c1)C(=O)NCc1cccc(NC(=O)C2CC2)c1. The number of hydrogen-bond donors (Lipinski definition) is 2. The standard InChI is InChI=1S/C20H21Cl2N3O2/c1-25(12-14-5-8-17(21)18(22)10-14)20(27)23-11-13-3-2-4-16(9-13)24-19(26)15-6-7-15/h2-5,8-10,15H,6-7,11-12H2,1H3,(H,23,27)(H,24,26). The average Bonchev–Trinajstić information content (AvgIpc) is 3.48. The number of rotatable bonds is 6. The molecule has 0 aromatic heterocycles. The van der Waals surface area contributed by atoms with Crippen molar-refractivity contribution in [3.8, 4) is 0 Å². The Hall–Kier alpha value is -2.24. The van der Waals surface area contributed by atoms with Crippen LogP contribution in [-0.2, 0) is 17.9 Å². The van der Waals surface area contributed by atoms with Gasteiger partial charge < -0.3 is 15.5 Å². The third-order valence-corrected chi connectivity index (χ3v) is 5.08. The van der Waals surface area contributed by atoms with Crippen LogP contribution in [0, 0.1) is 5.92 Å². The molecule has 3 amide bonds. The molecule has 0 saturated heterocycles. The molecular weight excluding hydrogens is 385 g/mol. The van der Waals surface area contributed by atoms with Gasteiger partial charge in [-0.1, -0.05) is 41.4 Å². The molecule has 0 spiro atoms. The fourth-order valence-corrected chi connectivity index (χ4v) is 2.97. The van der Waals surface area contributed by atoms with Crippen LogP contribution in [0.5, 0.6) is 0 Å². The Morgan fingerprint density at radius 3 is 2.56 bits per heavy atom. The second-order valence-corrected chi connectivity index (χ2v) is 7.54. The zero-order chi connectivity index (χ0) is 19.4. The van der Waals surface area contributed by atoms with E-state index in [1.807, 2.05) is 30.3 Å². The molecule has 2 aromatic carbocycles. The minimum Gasteiger partial charge on any atom is -0.334 e. The van der Waals surface area contributed by atoms with Gasteiger partial charge in [-0.3, -0.25) is 4.79 Å². The van der Waals surface area contributed by atoms with Crippen molar-refractivity contribution in [2.45, 2.75) is 25.9 Å². The number of urea groups is 1. The van der Waals surface area contributed by atoms with E-state index < -0.39 is 0 Å². The van der Waals surface area contributed by atoms with Crippen LogP contribution in [0.15, 0.2) is 42.5 Å². The summed E-state index contributed by atoms with van der Waals surface area (Å²) in [5, 5.41) is 6.74. The van der Waals surface area contributed by atoms with E-state index in [2.05, 4.69) is 10.6 Å². The molecule has 3 rings (SSSR count). The quantitative estimate of drug-likeness (QED) is 0.732. The number of nitrogens with one attached hydrogen (secondary N) is 2. The van der Waals surface area contributed by atoms with Gasteiger partial charge in [0.2, 0.25) is 5.91 Å². The predicted octanol–water partition coefficient (Wildman–Crippen LogP) is 4.68. The van der Waals surface area contributed by atoms with Crippen molar-refractivity contribution in [3.05, 3.63) is 63.6 Å². The van der Waals surface area contributed by atoms with Crippen molar-refractivity contribution in [1.29, 1.82) is 0 Å². The van der Waals surface area contributed by atoms with Crippen LogP contribution < -0.4 is 10.6 Å². The van der Waals surface area contributed by atoms with Gasteiger partial charge in [0, 0.05) is 31.7 Å². The number of hydrogen-bond acceptors (Lipinski definition) is 2. The van der Waals surface area contributed by atoms with E-state index in [-0.39, 0.29) is 17.9 Å². The van der Waals surface area contributed by atoms with Gasteiger partial charge in [-0.25, -0.2) is 4.79 Å². The van der Waals surface area contributed by atoms with Gasteiger partial charge in [0.15, 0.2) is 0 Å². The van der Waals surface area contributed by atoms with Gasteiger partial charge in [0.1, 0.15) is 0 Å². The minimum atomic E-state index is -0.200. The topological polar surface area (TPSA) is 61.4 Å². The molecule has 7 heteroatoms. The molecule has 1 aliphatic rings. The second kappa shape index (κ2) is 8.63. The zero-order valence-electron chi connectivity index (χ0n) is 15.0. The highest BCUT2D eigenvalue weighted by molar-refractivity contribution is 6.42. The largest absolute Gasteiger partial charge is 0.334 e. The molecule has 1 saturated carbocycles. The van der Waals surface area contributed by atoms with Crippen LogP contribution in [-0.4, -0.2) is 23.9 Å². The van der Waals surface area contributed by atoms with Crippen molar-refractivity contribution in [3.63, 3.8) is 0 Å². The number of benzene rings is 2. The van der Waals surface area contributed by atoms with Crippen LogP contribution in [0.2, 0.25) is 10.0 Å². The van der Waals surface area contributed by atoms with Gasteiger partial charge in [0.25, 0.3) is 0 Å². The Kier molecular flexibility index (Phi) is 6.24. The lowest BCUT2D eigenvalue weighted by Crippen LogP contribution is -2.36. The first kappa shape index (κ1) is 19.5. The summed E-state index contributed by atoms with van der Waals surface area (Å²) in [6.07, 6.45) is 1.93. The van der Waals surface area contributed by atoms with Crippen LogP contribution in [0.3, 0.4) is 0 Å². The maximum Gasteiger partial charge on any atom is 0.317 e. The third-order valence-electron chi connectivity index (χ3n) is 4.34. The summed E-state index contributed by atoms with van der Waals surface area (Å²) in [7, 11) is 1.71. The van der Waals surface area contributed by atoms with Crippen LogP contribution >= 0.6 is 23.2 Å². The summed E-state index contributed by atoms with van der Waals surface area (Å²) in [6.45, 7) is 0.790. The molecule has 0 atom stereocenters. The minimum absolute atomic E-state index is 0.0672. The molecule has 1 aliphatic carbocycles. The number of carbonyl (C=O) groups is 2. The molecule has 0 radical (unpaired) electrons. The van der Waals surface area contributed by atoms with E-state index in [1.165, 1.54) is 0 Å². The van der Waals surface area contributed by atoms with Crippen molar-refractivity contribution in [2.24, 2.45) is 5.92 Å². The maximum atomic E-state index is 12.3. The van der Waals surface area contributed by atoms with E-state index in [1.54, 1.807) is 24.1 Å². The molecule has 0 bridgehead atoms. The zero-order valence-corrected chi connectivity index (χ0v) is 16.5. The Balaban J connectivity index is 1.51. The highest BCUT2D eigenvalue weighted by Gasteiger charge is 2.29. The van der Waals surface area contributed by atoms with Gasteiger partial charge in [-0.05, 0) is 48.2 Å². The fraction of sp³-hybridized carbons (Fsp3) is 0.300. The molecule has 0 unspecified atom stereocenters. The van der Waals surface area contributed by atoms with Gasteiger partial charge in [-0.2, -0.15) is 0 Å². The number of halogens is 2. The molecule has 0 aliphatic heterocycles. The summed E-state index contributed by atoms with van der Waals surface area (Å²) in [5.41, 5.74) is 2.56. The molecule has 142 valence electrons. The molecule has 27 heavy (non-hydrogen) atoms. The first-order valence-corrected chi connectivity index (χ1v) is 9.50. The molecular formula is C20H21Cl2N3O2. The fourth-order valence-electron chi connectivity index (χ4n) is 2.65. The van der Waals surface area contributed by atoms with Crippen LogP contribution in [0.4, 0.5) is 10.5 Å². The van der Waals surface area contributed by atoms with Crippen LogP contribution in [0.1, 0.15) is 24.0 Å². The van der Waals surface area contributed by atoms with Crippen molar-refractivity contribution in [2.75, 3.05) is 12.4 Å². The van der Waals surface area contributed by atoms with Crippen molar-refractivity contribution in [1.82, 2.24) is 10.2 Å². The summed E-state index contributed by atoms with van der Waals surface area (Å²) < 4.78 is 0. The lowest BCUT2D eigenvalue weighted by Gasteiger charge is -2.18. The molecule has 1 fully saturated rings. The van der Waals surface area contributed by atoms with E-state index >= 15 is 0 Å². The van der Waals surface area contributed by atoms with Gasteiger partial charge in [-0.15, -0.1) is 0 Å². The Labute approximate surface area is 168 Å². The number of nitrogens with zero attached hydrogens (tertiary/aromatic N) is 1. The highest BCUT2D eigenvalue weighted by atomic mass is 35.5. The lowest BCUT2D eigenvalue weighted by atomic mass is 10.2. The lowest BCUT2D eigenvalue weighted by molar-refractivity contribution is -0.117. The summed E-state index contributed by atoms with van der Waals surface area (Å²) >= 11 is 11.9. The Bertz CT molecular complexity index is 853. The van der Waals surface area contributed by atoms with Gasteiger partial charge in [0.05, 0.1) is 10.0 Å². The monoisotopic (exact) mass is 405 g/mol.